The number of unbranched alkanes of at least 4 members (excludes halogenated alkanes) is 10. The number of carbonyl (C=O) groups excluding carboxylic acids is 1. The third-order valence-electron chi connectivity index (χ3n) is 9.38. The van der Waals surface area contributed by atoms with Crippen LogP contribution in [0.1, 0.15) is 131 Å². The number of benzene rings is 2. The molecular weight excluding hydrogens is 502 g/mol. The fourth-order valence-corrected chi connectivity index (χ4v) is 6.66. The summed E-state index contributed by atoms with van der Waals surface area (Å²) in [5, 5.41) is 0. The van der Waals surface area contributed by atoms with Gasteiger partial charge in [0.05, 0.1) is 0 Å². The minimum absolute atomic E-state index is 0.0443. The van der Waals surface area contributed by atoms with Gasteiger partial charge in [-0.1, -0.05) is 108 Å². The summed E-state index contributed by atoms with van der Waals surface area (Å²) in [6, 6.07) is 15.4. The third-order valence-corrected chi connectivity index (χ3v) is 9.38. The molecule has 224 valence electrons. The second-order valence-corrected chi connectivity index (χ2v) is 12.9. The summed E-state index contributed by atoms with van der Waals surface area (Å²) in [6.45, 7) is 9.97. The minimum Gasteiger partial charge on any atom is -0.426 e. The van der Waals surface area contributed by atoms with Crippen LogP contribution in [0.2, 0.25) is 0 Å². The standard InChI is InChI=1S/C38H55NO2/c1-4-5-6-7-8-9-10-11-12-13-17-20-37(40)41-38-35(28-34-25-30(2)31(3)26-36(34)38)27-32-21-23-39(24-22-32)29-33-18-15-14-16-19-33/h14-16,18-19,25-26,32H,4-13,17,20-24,27-29H2,1-3H3. The number of piperidine rings is 1. The van der Waals surface area contributed by atoms with E-state index in [4.69, 9.17) is 4.74 Å². The average molecular weight is 558 g/mol. The molecule has 0 N–H and O–H groups in total. The van der Waals surface area contributed by atoms with Crippen LogP contribution in [0.5, 0.6) is 0 Å². The van der Waals surface area contributed by atoms with E-state index in [2.05, 4.69) is 68.1 Å². The number of carbonyl (C=O) groups is 1. The topological polar surface area (TPSA) is 29.5 Å². The van der Waals surface area contributed by atoms with Crippen molar-refractivity contribution in [1.82, 2.24) is 4.90 Å². The van der Waals surface area contributed by atoms with E-state index in [1.165, 1.54) is 98.5 Å². The zero-order valence-corrected chi connectivity index (χ0v) is 26.3. The van der Waals surface area contributed by atoms with Gasteiger partial charge < -0.3 is 4.74 Å². The number of nitrogens with zero attached hydrogens (tertiary/aromatic N) is 1. The summed E-state index contributed by atoms with van der Waals surface area (Å²) in [4.78, 5) is 15.6. The van der Waals surface area contributed by atoms with Crippen LogP contribution in [-0.2, 0) is 22.5 Å². The lowest BCUT2D eigenvalue weighted by atomic mass is 9.89. The lowest BCUT2D eigenvalue weighted by molar-refractivity contribution is -0.136. The quantitative estimate of drug-likeness (QED) is 0.143. The van der Waals surface area contributed by atoms with E-state index in [1.54, 1.807) is 0 Å². The molecule has 0 saturated carbocycles. The average Bonchev–Trinajstić information content (AvgIpc) is 3.28. The zero-order valence-electron chi connectivity index (χ0n) is 26.3. The Morgan fingerprint density at radius 3 is 2.10 bits per heavy atom. The zero-order chi connectivity index (χ0) is 28.9. The van der Waals surface area contributed by atoms with Crippen molar-refractivity contribution in [2.24, 2.45) is 5.92 Å². The smallest absolute Gasteiger partial charge is 0.311 e. The molecule has 0 unspecified atom stereocenters. The first-order chi connectivity index (χ1) is 20.0. The number of esters is 1. The normalized spacial score (nSPS) is 15.9. The number of rotatable bonds is 17. The maximum atomic E-state index is 13.0. The molecule has 0 bridgehead atoms. The van der Waals surface area contributed by atoms with E-state index < -0.39 is 0 Å². The summed E-state index contributed by atoms with van der Waals surface area (Å²) in [5.41, 5.74) is 7.85. The van der Waals surface area contributed by atoms with Crippen LogP contribution in [0.4, 0.5) is 0 Å². The second kappa shape index (κ2) is 16.9. The van der Waals surface area contributed by atoms with E-state index in [0.717, 1.165) is 56.6 Å². The molecule has 2 aromatic rings. The van der Waals surface area contributed by atoms with Gasteiger partial charge in [-0.15, -0.1) is 0 Å². The van der Waals surface area contributed by atoms with Crippen molar-refractivity contribution in [2.45, 2.75) is 130 Å². The molecule has 3 nitrogen and oxygen atoms in total. The van der Waals surface area contributed by atoms with Crippen LogP contribution >= 0.6 is 0 Å². The number of likely N-dealkylation sites (tertiary alicyclic amines) is 1. The van der Waals surface area contributed by atoms with Crippen molar-refractivity contribution in [1.29, 1.82) is 0 Å². The monoisotopic (exact) mass is 557 g/mol. The van der Waals surface area contributed by atoms with Gasteiger partial charge in [-0.05, 0) is 98.9 Å². The molecule has 41 heavy (non-hydrogen) atoms. The summed E-state index contributed by atoms with van der Waals surface area (Å²) in [6.07, 6.45) is 19.1. The van der Waals surface area contributed by atoms with Crippen LogP contribution < -0.4 is 0 Å². The molecule has 3 heteroatoms. The van der Waals surface area contributed by atoms with E-state index in [1.807, 2.05) is 0 Å². The molecule has 1 aliphatic heterocycles. The highest BCUT2D eigenvalue weighted by atomic mass is 16.5. The van der Waals surface area contributed by atoms with Crippen LogP contribution in [0.3, 0.4) is 0 Å². The molecule has 0 aromatic heterocycles. The van der Waals surface area contributed by atoms with Crippen molar-refractivity contribution in [2.75, 3.05) is 13.1 Å². The Labute approximate surface area is 250 Å². The predicted octanol–water partition coefficient (Wildman–Crippen LogP) is 10.1. The van der Waals surface area contributed by atoms with Crippen LogP contribution in [0.15, 0.2) is 48.0 Å². The number of allylic oxidation sites excluding steroid dienone is 1. The van der Waals surface area contributed by atoms with E-state index in [0.29, 0.717) is 12.3 Å². The van der Waals surface area contributed by atoms with E-state index in [-0.39, 0.29) is 5.97 Å². The Morgan fingerprint density at radius 1 is 0.829 bits per heavy atom. The molecule has 2 aromatic carbocycles. The predicted molar refractivity (Wildman–Crippen MR) is 173 cm³/mol. The number of ether oxygens (including phenoxy) is 1. The summed E-state index contributed by atoms with van der Waals surface area (Å²) < 4.78 is 6.21. The maximum absolute atomic E-state index is 13.0. The van der Waals surface area contributed by atoms with Gasteiger partial charge in [-0.25, -0.2) is 0 Å². The molecule has 1 saturated heterocycles. The van der Waals surface area contributed by atoms with E-state index >= 15 is 0 Å². The van der Waals surface area contributed by atoms with Crippen LogP contribution in [-0.4, -0.2) is 24.0 Å². The molecule has 1 fully saturated rings. The van der Waals surface area contributed by atoms with Crippen molar-refractivity contribution in [3.63, 3.8) is 0 Å². The highest BCUT2D eigenvalue weighted by Crippen LogP contribution is 2.40. The fourth-order valence-electron chi connectivity index (χ4n) is 6.66. The molecule has 0 amide bonds. The Kier molecular flexibility index (Phi) is 13.0. The second-order valence-electron chi connectivity index (χ2n) is 12.9. The van der Waals surface area contributed by atoms with Gasteiger partial charge in [0.1, 0.15) is 5.76 Å². The highest BCUT2D eigenvalue weighted by molar-refractivity contribution is 5.82. The van der Waals surface area contributed by atoms with Crippen molar-refractivity contribution in [3.8, 4) is 0 Å². The van der Waals surface area contributed by atoms with Gasteiger partial charge in [0.2, 0.25) is 0 Å². The summed E-state index contributed by atoms with van der Waals surface area (Å²) >= 11 is 0. The van der Waals surface area contributed by atoms with Gasteiger partial charge in [0.25, 0.3) is 0 Å². The lowest BCUT2D eigenvalue weighted by Crippen LogP contribution is -2.33. The van der Waals surface area contributed by atoms with Crippen molar-refractivity contribution >= 4 is 11.7 Å². The largest absolute Gasteiger partial charge is 0.426 e. The van der Waals surface area contributed by atoms with Gasteiger partial charge in [-0.2, -0.15) is 0 Å². The molecule has 1 heterocycles. The molecule has 2 aliphatic rings. The van der Waals surface area contributed by atoms with Crippen molar-refractivity contribution in [3.05, 3.63) is 75.9 Å². The first-order valence-corrected chi connectivity index (χ1v) is 16.8. The minimum atomic E-state index is -0.0443. The molecular formula is C38H55NO2. The number of hydrogen-bond donors (Lipinski definition) is 0. The van der Waals surface area contributed by atoms with Gasteiger partial charge in [0.15, 0.2) is 0 Å². The Morgan fingerprint density at radius 2 is 1.44 bits per heavy atom. The molecule has 0 spiro atoms. The van der Waals surface area contributed by atoms with Crippen LogP contribution in [0.25, 0.3) is 5.76 Å². The molecule has 0 atom stereocenters. The fraction of sp³-hybridized carbons (Fsp3) is 0.605. The lowest BCUT2D eigenvalue weighted by Gasteiger charge is -2.32. The van der Waals surface area contributed by atoms with Crippen molar-refractivity contribution < 1.29 is 9.53 Å². The first-order valence-electron chi connectivity index (χ1n) is 16.8. The molecule has 0 radical (unpaired) electrons. The first kappa shape index (κ1) is 31.5. The number of hydrogen-bond acceptors (Lipinski definition) is 3. The van der Waals surface area contributed by atoms with E-state index in [9.17, 15) is 4.79 Å². The Balaban J connectivity index is 1.24. The Hall–Kier alpha value is -2.39. The number of fused-ring (bicyclic) bond motifs is 1. The van der Waals surface area contributed by atoms with Gasteiger partial charge >= 0.3 is 5.97 Å². The van der Waals surface area contributed by atoms with Gasteiger partial charge in [-0.3, -0.25) is 9.69 Å². The summed E-state index contributed by atoms with van der Waals surface area (Å²) in [7, 11) is 0. The van der Waals surface area contributed by atoms with Crippen LogP contribution in [0, 0.1) is 19.8 Å². The highest BCUT2D eigenvalue weighted by Gasteiger charge is 2.29. The Bertz CT molecular complexity index is 1110. The maximum Gasteiger partial charge on any atom is 0.311 e. The molecule has 4 rings (SSSR count). The third kappa shape index (κ3) is 10.1. The SMILES string of the molecule is CCCCCCCCCCCCCC(=O)OC1=C(CC2CCN(Cc3ccccc3)CC2)Cc2cc(C)c(C)cc21. The molecule has 1 aliphatic carbocycles. The van der Waals surface area contributed by atoms with Gasteiger partial charge in [0, 0.05) is 18.5 Å². The summed E-state index contributed by atoms with van der Waals surface area (Å²) in [5.74, 6) is 1.51. The number of aryl methyl sites for hydroxylation is 2.